The lowest BCUT2D eigenvalue weighted by molar-refractivity contribution is -0.119. The summed E-state index contributed by atoms with van der Waals surface area (Å²) in [5, 5.41) is 3.08. The number of sulfonamides is 1. The van der Waals surface area contributed by atoms with Crippen molar-refractivity contribution in [2.24, 2.45) is 0 Å². The maximum atomic E-state index is 12.5. The Kier molecular flexibility index (Phi) is 7.80. The minimum Gasteiger partial charge on any atom is -0.495 e. The van der Waals surface area contributed by atoms with E-state index in [1.165, 1.54) is 31.6 Å². The molecule has 1 N–H and O–H groups in total. The van der Waals surface area contributed by atoms with Gasteiger partial charge in [0.1, 0.15) is 12.3 Å². The molecule has 1 amide bonds. The first-order chi connectivity index (χ1) is 14.8. The van der Waals surface area contributed by atoms with E-state index in [0.717, 1.165) is 35.8 Å². The second-order valence-electron chi connectivity index (χ2n) is 7.67. The van der Waals surface area contributed by atoms with Crippen molar-refractivity contribution < 1.29 is 17.9 Å². The second kappa shape index (κ2) is 10.3. The highest BCUT2D eigenvalue weighted by atomic mass is 35.5. The Bertz CT molecular complexity index is 1020. The summed E-state index contributed by atoms with van der Waals surface area (Å²) in [4.78, 5) is 15.0. The molecule has 0 bridgehead atoms. The molecule has 7 nitrogen and oxygen atoms in total. The van der Waals surface area contributed by atoms with Crippen LogP contribution in [0.5, 0.6) is 5.75 Å². The van der Waals surface area contributed by atoms with Gasteiger partial charge in [-0.1, -0.05) is 35.9 Å². The molecule has 1 fully saturated rings. The fourth-order valence-corrected chi connectivity index (χ4v) is 4.73. The van der Waals surface area contributed by atoms with Crippen molar-refractivity contribution >= 4 is 33.2 Å². The second-order valence-corrected chi connectivity index (χ2v) is 9.98. The summed E-state index contributed by atoms with van der Waals surface area (Å²) in [6, 6.07) is 12.7. The minimum atomic E-state index is -3.68. The van der Waals surface area contributed by atoms with Gasteiger partial charge in [0.15, 0.2) is 0 Å². The predicted molar refractivity (Wildman–Crippen MR) is 123 cm³/mol. The van der Waals surface area contributed by atoms with Gasteiger partial charge >= 0.3 is 0 Å². The predicted octanol–water partition coefficient (Wildman–Crippen LogP) is 3.03. The highest BCUT2D eigenvalue weighted by Gasteiger charge is 2.22. The van der Waals surface area contributed by atoms with Crippen LogP contribution in [0.25, 0.3) is 0 Å². The summed E-state index contributed by atoms with van der Waals surface area (Å²) >= 11 is 6.13. The van der Waals surface area contributed by atoms with Crippen molar-refractivity contribution in [2.75, 3.05) is 37.3 Å². The third-order valence-electron chi connectivity index (χ3n) is 5.20. The number of rotatable bonds is 9. The standard InChI is InChI=1S/C22H28ClN3O4S/c1-30-21-9-8-19(13-20(21)23)26(31(2,28)29)16-22(27)24-14-17-6-5-7-18(12-17)15-25-10-3-4-11-25/h5-9,12-13H,3-4,10-11,14-16H2,1-2H3,(H,24,27). The van der Waals surface area contributed by atoms with Crippen molar-refractivity contribution in [1.82, 2.24) is 10.2 Å². The van der Waals surface area contributed by atoms with E-state index < -0.39 is 15.9 Å². The molecule has 1 aliphatic heterocycles. The van der Waals surface area contributed by atoms with Crippen molar-refractivity contribution in [3.63, 3.8) is 0 Å². The molecule has 168 valence electrons. The number of carbonyl (C=O) groups is 1. The van der Waals surface area contributed by atoms with E-state index in [2.05, 4.69) is 22.3 Å². The Morgan fingerprint density at radius 2 is 1.87 bits per heavy atom. The van der Waals surface area contributed by atoms with Crippen LogP contribution in [0.1, 0.15) is 24.0 Å². The number of amides is 1. The van der Waals surface area contributed by atoms with Crippen LogP contribution < -0.4 is 14.4 Å². The van der Waals surface area contributed by atoms with E-state index in [9.17, 15) is 13.2 Å². The molecule has 3 rings (SSSR count). The Labute approximate surface area is 189 Å². The van der Waals surface area contributed by atoms with Crippen LogP contribution in [-0.2, 0) is 27.9 Å². The van der Waals surface area contributed by atoms with E-state index in [1.54, 1.807) is 12.1 Å². The molecule has 9 heteroatoms. The molecule has 2 aromatic carbocycles. The lowest BCUT2D eigenvalue weighted by Crippen LogP contribution is -2.40. The molecule has 0 saturated carbocycles. The Morgan fingerprint density at radius 3 is 2.52 bits per heavy atom. The number of methoxy groups -OCH3 is 1. The average molecular weight is 466 g/mol. The monoisotopic (exact) mass is 465 g/mol. The molecule has 0 aliphatic carbocycles. The third kappa shape index (κ3) is 6.59. The molecule has 0 unspecified atom stereocenters. The van der Waals surface area contributed by atoms with E-state index in [4.69, 9.17) is 16.3 Å². The zero-order valence-corrected chi connectivity index (χ0v) is 19.4. The number of nitrogens with zero attached hydrogens (tertiary/aromatic N) is 2. The van der Waals surface area contributed by atoms with Gasteiger partial charge in [0.2, 0.25) is 15.9 Å². The van der Waals surface area contributed by atoms with Gasteiger partial charge in [0.05, 0.1) is 24.1 Å². The van der Waals surface area contributed by atoms with Gasteiger partial charge in [-0.3, -0.25) is 14.0 Å². The first kappa shape index (κ1) is 23.4. The highest BCUT2D eigenvalue weighted by molar-refractivity contribution is 7.92. The summed E-state index contributed by atoms with van der Waals surface area (Å²) in [7, 11) is -2.21. The van der Waals surface area contributed by atoms with Crippen LogP contribution >= 0.6 is 11.6 Å². The summed E-state index contributed by atoms with van der Waals surface area (Å²) in [6.45, 7) is 3.14. The summed E-state index contributed by atoms with van der Waals surface area (Å²) in [5.74, 6) is 0.0273. The number of halogens is 1. The first-order valence-corrected chi connectivity index (χ1v) is 12.4. The molecular weight excluding hydrogens is 438 g/mol. The van der Waals surface area contributed by atoms with Crippen molar-refractivity contribution in [3.05, 3.63) is 58.6 Å². The van der Waals surface area contributed by atoms with Crippen LogP contribution in [0.2, 0.25) is 5.02 Å². The normalized spacial score (nSPS) is 14.4. The van der Waals surface area contributed by atoms with Gasteiger partial charge in [0.25, 0.3) is 0 Å². The van der Waals surface area contributed by atoms with Gasteiger partial charge in [0, 0.05) is 13.1 Å². The fourth-order valence-electron chi connectivity index (χ4n) is 3.63. The highest BCUT2D eigenvalue weighted by Crippen LogP contribution is 2.30. The number of benzene rings is 2. The molecule has 31 heavy (non-hydrogen) atoms. The molecule has 0 aromatic heterocycles. The molecule has 1 saturated heterocycles. The zero-order chi connectivity index (χ0) is 22.4. The van der Waals surface area contributed by atoms with Gasteiger partial charge < -0.3 is 10.1 Å². The van der Waals surface area contributed by atoms with E-state index in [1.807, 2.05) is 12.1 Å². The quantitative estimate of drug-likeness (QED) is 0.615. The summed E-state index contributed by atoms with van der Waals surface area (Å²) in [5.41, 5.74) is 2.48. The van der Waals surface area contributed by atoms with Crippen molar-refractivity contribution in [2.45, 2.75) is 25.9 Å². The molecule has 1 aliphatic rings. The molecule has 0 atom stereocenters. The number of ether oxygens (including phenoxy) is 1. The van der Waals surface area contributed by atoms with E-state index in [0.29, 0.717) is 18.0 Å². The summed E-state index contributed by atoms with van der Waals surface area (Å²) in [6.07, 6.45) is 3.54. The van der Waals surface area contributed by atoms with E-state index >= 15 is 0 Å². The number of anilines is 1. The van der Waals surface area contributed by atoms with Gasteiger partial charge in [-0.15, -0.1) is 0 Å². The lowest BCUT2D eigenvalue weighted by Gasteiger charge is -2.22. The topological polar surface area (TPSA) is 79.0 Å². The van der Waals surface area contributed by atoms with Crippen LogP contribution in [-0.4, -0.2) is 52.2 Å². The maximum absolute atomic E-state index is 12.5. The zero-order valence-electron chi connectivity index (χ0n) is 17.8. The maximum Gasteiger partial charge on any atom is 0.241 e. The Morgan fingerprint density at radius 1 is 1.16 bits per heavy atom. The Balaban J connectivity index is 1.63. The minimum absolute atomic E-state index is 0.267. The number of hydrogen-bond donors (Lipinski definition) is 1. The molecule has 1 heterocycles. The van der Waals surface area contributed by atoms with Gasteiger partial charge in [-0.25, -0.2) is 8.42 Å². The molecule has 2 aromatic rings. The molecule has 0 spiro atoms. The van der Waals surface area contributed by atoms with Gasteiger partial charge in [-0.2, -0.15) is 0 Å². The van der Waals surface area contributed by atoms with Crippen LogP contribution in [0.3, 0.4) is 0 Å². The molecular formula is C22H28ClN3O4S. The van der Waals surface area contributed by atoms with Crippen molar-refractivity contribution in [3.8, 4) is 5.75 Å². The SMILES string of the molecule is COc1ccc(N(CC(=O)NCc2cccc(CN3CCCC3)c2)S(C)(=O)=O)cc1Cl. The van der Waals surface area contributed by atoms with Crippen LogP contribution in [0.15, 0.2) is 42.5 Å². The summed E-state index contributed by atoms with van der Waals surface area (Å²) < 4.78 is 30.7. The number of nitrogens with one attached hydrogen (secondary N) is 1. The third-order valence-corrected chi connectivity index (χ3v) is 6.63. The van der Waals surface area contributed by atoms with Crippen LogP contribution in [0.4, 0.5) is 5.69 Å². The smallest absolute Gasteiger partial charge is 0.241 e. The van der Waals surface area contributed by atoms with Crippen molar-refractivity contribution in [1.29, 1.82) is 0 Å². The number of carbonyl (C=O) groups excluding carboxylic acids is 1. The number of hydrogen-bond acceptors (Lipinski definition) is 5. The Hall–Kier alpha value is -2.29. The average Bonchev–Trinajstić information content (AvgIpc) is 3.23. The van der Waals surface area contributed by atoms with E-state index in [-0.39, 0.29) is 11.6 Å². The fraction of sp³-hybridized carbons (Fsp3) is 0.409. The number of likely N-dealkylation sites (tertiary alicyclic amines) is 1. The molecule has 0 radical (unpaired) electrons. The van der Waals surface area contributed by atoms with Gasteiger partial charge in [-0.05, 0) is 55.3 Å². The lowest BCUT2D eigenvalue weighted by atomic mass is 10.1. The first-order valence-electron chi connectivity index (χ1n) is 10.1. The van der Waals surface area contributed by atoms with Crippen LogP contribution in [0, 0.1) is 0 Å². The largest absolute Gasteiger partial charge is 0.495 e.